The molecule has 3 N–H and O–H groups in total. The number of rotatable bonds is 5. The topological polar surface area (TPSA) is 106 Å². The molecule has 0 bridgehead atoms. The summed E-state index contributed by atoms with van der Waals surface area (Å²) >= 11 is 0. The van der Waals surface area contributed by atoms with Crippen LogP contribution >= 0.6 is 0 Å². The van der Waals surface area contributed by atoms with Gasteiger partial charge in [-0.15, -0.1) is 0 Å². The number of nitrogens with one attached hydrogen (secondary N) is 1. The van der Waals surface area contributed by atoms with E-state index in [-0.39, 0.29) is 17.3 Å². The van der Waals surface area contributed by atoms with Gasteiger partial charge in [-0.1, -0.05) is 0 Å². The molecule has 1 saturated heterocycles. The van der Waals surface area contributed by atoms with Gasteiger partial charge in [0, 0.05) is 5.54 Å². The van der Waals surface area contributed by atoms with E-state index in [1.807, 2.05) is 0 Å². The van der Waals surface area contributed by atoms with Crippen LogP contribution in [0.25, 0.3) is 0 Å². The van der Waals surface area contributed by atoms with Crippen LogP contribution in [0.3, 0.4) is 0 Å². The number of hydrogen-bond donors (Lipinski definition) is 2. The highest BCUT2D eigenvalue weighted by Crippen LogP contribution is 2.23. The molecule has 0 amide bonds. The Bertz CT molecular complexity index is 443. The molecule has 6 nitrogen and oxygen atoms in total. The molecule has 1 aliphatic rings. The lowest BCUT2D eigenvalue weighted by Gasteiger charge is -2.23. The smallest absolute Gasteiger partial charge is 0.212 e. The van der Waals surface area contributed by atoms with Crippen molar-refractivity contribution in [1.82, 2.24) is 4.72 Å². The van der Waals surface area contributed by atoms with Crippen molar-refractivity contribution >= 4 is 19.9 Å². The molecule has 1 unspecified atom stereocenters. The first-order valence-corrected chi connectivity index (χ1v) is 8.58. The zero-order valence-electron chi connectivity index (χ0n) is 9.27. The fraction of sp³-hybridized carbons (Fsp3) is 1.00. The molecular weight excluding hydrogens is 252 g/mol. The predicted octanol–water partition coefficient (Wildman–Crippen LogP) is -1.17. The Morgan fingerprint density at radius 2 is 2.06 bits per heavy atom. The molecule has 0 aromatic heterocycles. The van der Waals surface area contributed by atoms with Crippen LogP contribution in [0, 0.1) is 0 Å². The molecule has 0 radical (unpaired) electrons. The molecule has 0 aromatic carbocycles. The lowest BCUT2D eigenvalue weighted by molar-refractivity contribution is 0.461. The van der Waals surface area contributed by atoms with Gasteiger partial charge in [-0.05, 0) is 26.3 Å². The number of nitrogens with two attached hydrogens (primary N) is 1. The molecule has 16 heavy (non-hydrogen) atoms. The Kier molecular flexibility index (Phi) is 3.99. The first kappa shape index (κ1) is 13.9. The molecule has 1 heterocycles. The molecule has 0 aliphatic carbocycles. The third-order valence-corrected chi connectivity index (χ3v) is 6.06. The van der Waals surface area contributed by atoms with Crippen molar-refractivity contribution in [2.24, 2.45) is 5.73 Å². The van der Waals surface area contributed by atoms with E-state index in [1.165, 1.54) is 0 Å². The average molecular weight is 270 g/mol. The van der Waals surface area contributed by atoms with Crippen LogP contribution in [0.4, 0.5) is 0 Å². The highest BCUT2D eigenvalue weighted by atomic mass is 32.2. The van der Waals surface area contributed by atoms with Gasteiger partial charge in [-0.25, -0.2) is 21.6 Å². The summed E-state index contributed by atoms with van der Waals surface area (Å²) in [5.41, 5.74) is 4.38. The van der Waals surface area contributed by atoms with Crippen LogP contribution < -0.4 is 10.5 Å². The quantitative estimate of drug-likeness (QED) is 0.655. The van der Waals surface area contributed by atoms with Crippen LogP contribution in [0.1, 0.15) is 19.8 Å². The Morgan fingerprint density at radius 1 is 1.44 bits per heavy atom. The average Bonchev–Trinajstić information content (AvgIpc) is 2.36. The number of sulfone groups is 1. The summed E-state index contributed by atoms with van der Waals surface area (Å²) in [6.07, 6.45) is 0.704. The minimum Gasteiger partial charge on any atom is -0.330 e. The van der Waals surface area contributed by atoms with Crippen molar-refractivity contribution in [3.8, 4) is 0 Å². The Hall–Kier alpha value is -0.180. The Labute approximate surface area is 96.6 Å². The van der Waals surface area contributed by atoms with Gasteiger partial charge in [0.1, 0.15) is 0 Å². The zero-order valence-corrected chi connectivity index (χ0v) is 10.9. The fourth-order valence-corrected chi connectivity index (χ4v) is 5.55. The van der Waals surface area contributed by atoms with E-state index in [0.717, 1.165) is 0 Å². The molecule has 1 atom stereocenters. The van der Waals surface area contributed by atoms with E-state index >= 15 is 0 Å². The van der Waals surface area contributed by atoms with Crippen molar-refractivity contribution < 1.29 is 16.8 Å². The molecule has 8 heteroatoms. The largest absolute Gasteiger partial charge is 0.330 e. The first-order valence-electron chi connectivity index (χ1n) is 5.10. The summed E-state index contributed by atoms with van der Waals surface area (Å²) in [4.78, 5) is 0. The van der Waals surface area contributed by atoms with E-state index in [2.05, 4.69) is 4.72 Å². The van der Waals surface area contributed by atoms with Gasteiger partial charge in [-0.2, -0.15) is 0 Å². The fourth-order valence-electron chi connectivity index (χ4n) is 1.79. The minimum atomic E-state index is -3.43. The lowest BCUT2D eigenvalue weighted by Crippen LogP contribution is -2.47. The minimum absolute atomic E-state index is 0.0446. The van der Waals surface area contributed by atoms with E-state index in [0.29, 0.717) is 19.4 Å². The van der Waals surface area contributed by atoms with Crippen molar-refractivity contribution in [2.45, 2.75) is 25.3 Å². The van der Waals surface area contributed by atoms with Crippen molar-refractivity contribution in [1.29, 1.82) is 0 Å². The Balaban J connectivity index is 2.68. The van der Waals surface area contributed by atoms with Crippen LogP contribution in [-0.4, -0.2) is 46.2 Å². The second-order valence-corrected chi connectivity index (χ2v) is 8.49. The van der Waals surface area contributed by atoms with Crippen molar-refractivity contribution in [3.63, 3.8) is 0 Å². The third kappa shape index (κ3) is 4.00. The molecule has 0 spiro atoms. The summed E-state index contributed by atoms with van der Waals surface area (Å²) in [6, 6.07) is 0. The number of hydrogen-bond acceptors (Lipinski definition) is 5. The van der Waals surface area contributed by atoms with Crippen LogP contribution in [0.15, 0.2) is 0 Å². The van der Waals surface area contributed by atoms with Gasteiger partial charge >= 0.3 is 0 Å². The summed E-state index contributed by atoms with van der Waals surface area (Å²) < 4.78 is 48.2. The van der Waals surface area contributed by atoms with Crippen LogP contribution in [0.5, 0.6) is 0 Å². The molecular formula is C8H18N2O4S2. The molecule has 1 aliphatic heterocycles. The van der Waals surface area contributed by atoms with Gasteiger partial charge in [0.05, 0.1) is 17.3 Å². The zero-order chi connectivity index (χ0) is 12.4. The van der Waals surface area contributed by atoms with Crippen molar-refractivity contribution in [3.05, 3.63) is 0 Å². The SMILES string of the molecule is CC1(NS(=O)(=O)CCCN)CCS(=O)(=O)C1. The second kappa shape index (κ2) is 4.59. The van der Waals surface area contributed by atoms with Gasteiger partial charge in [0.2, 0.25) is 10.0 Å². The third-order valence-electron chi connectivity index (χ3n) is 2.52. The van der Waals surface area contributed by atoms with E-state index in [9.17, 15) is 16.8 Å². The second-order valence-electron chi connectivity index (χ2n) is 4.47. The van der Waals surface area contributed by atoms with Gasteiger partial charge in [0.15, 0.2) is 9.84 Å². The maximum absolute atomic E-state index is 11.6. The summed E-state index contributed by atoms with van der Waals surface area (Å²) in [7, 11) is -6.53. The summed E-state index contributed by atoms with van der Waals surface area (Å²) in [6.45, 7) is 1.92. The molecule has 0 aromatic rings. The predicted molar refractivity (Wildman–Crippen MR) is 62.3 cm³/mol. The highest BCUT2D eigenvalue weighted by molar-refractivity contribution is 7.92. The van der Waals surface area contributed by atoms with Crippen LogP contribution in [-0.2, 0) is 19.9 Å². The molecule has 1 rings (SSSR count). The molecule has 96 valence electrons. The first-order chi connectivity index (χ1) is 7.18. The normalized spacial score (nSPS) is 29.4. The van der Waals surface area contributed by atoms with Gasteiger partial charge in [0.25, 0.3) is 0 Å². The van der Waals surface area contributed by atoms with E-state index in [4.69, 9.17) is 5.73 Å². The monoisotopic (exact) mass is 270 g/mol. The highest BCUT2D eigenvalue weighted by Gasteiger charge is 2.40. The summed E-state index contributed by atoms with van der Waals surface area (Å²) in [5, 5.41) is 0. The maximum Gasteiger partial charge on any atom is 0.212 e. The van der Waals surface area contributed by atoms with Gasteiger partial charge in [-0.3, -0.25) is 0 Å². The summed E-state index contributed by atoms with van der Waals surface area (Å²) in [5.74, 6) is -0.135. The lowest BCUT2D eigenvalue weighted by atomic mass is 10.0. The van der Waals surface area contributed by atoms with Crippen LogP contribution in [0.2, 0.25) is 0 Å². The van der Waals surface area contributed by atoms with Crippen molar-refractivity contribution in [2.75, 3.05) is 23.8 Å². The Morgan fingerprint density at radius 3 is 2.50 bits per heavy atom. The van der Waals surface area contributed by atoms with Gasteiger partial charge < -0.3 is 5.73 Å². The van der Waals surface area contributed by atoms with E-state index in [1.54, 1.807) is 6.92 Å². The van der Waals surface area contributed by atoms with E-state index < -0.39 is 25.4 Å². The molecule has 1 fully saturated rings. The maximum atomic E-state index is 11.6. The number of sulfonamides is 1. The molecule has 0 saturated carbocycles. The standard InChI is InChI=1S/C8H18N2O4S2/c1-8(3-6-15(11,12)7-8)10-16(13,14)5-2-4-9/h10H,2-7,9H2,1H3.